The molecule has 1 rings (SSSR count). The van der Waals surface area contributed by atoms with Gasteiger partial charge in [0.15, 0.2) is 0 Å². The molecule has 0 radical (unpaired) electrons. The van der Waals surface area contributed by atoms with Crippen molar-refractivity contribution in [1.82, 2.24) is 10.2 Å². The van der Waals surface area contributed by atoms with Crippen molar-refractivity contribution in [2.45, 2.75) is 52.1 Å². The third-order valence-electron chi connectivity index (χ3n) is 3.47. The average Bonchev–Trinajstić information content (AvgIpc) is 2.38. The molecule has 1 heterocycles. The van der Waals surface area contributed by atoms with E-state index in [0.29, 0.717) is 25.9 Å². The molecule has 2 amide bonds. The van der Waals surface area contributed by atoms with Crippen molar-refractivity contribution in [3.63, 3.8) is 0 Å². The molecule has 1 aliphatic heterocycles. The van der Waals surface area contributed by atoms with Gasteiger partial charge in [-0.1, -0.05) is 6.92 Å². The summed E-state index contributed by atoms with van der Waals surface area (Å²) in [5, 5.41) is 12.0. The van der Waals surface area contributed by atoms with Crippen LogP contribution in [0.5, 0.6) is 0 Å². The zero-order chi connectivity index (χ0) is 14.3. The third-order valence-corrected chi connectivity index (χ3v) is 3.47. The van der Waals surface area contributed by atoms with Crippen LogP contribution in [0.15, 0.2) is 0 Å². The van der Waals surface area contributed by atoms with E-state index in [1.807, 2.05) is 11.8 Å². The van der Waals surface area contributed by atoms with E-state index in [0.717, 1.165) is 25.8 Å². The number of hydrogen-bond donors (Lipinski definition) is 2. The number of amides is 2. The summed E-state index contributed by atoms with van der Waals surface area (Å²) in [7, 11) is 0. The predicted octanol–water partition coefficient (Wildman–Crippen LogP) is 0.912. The van der Waals surface area contributed by atoms with Crippen molar-refractivity contribution in [1.29, 1.82) is 0 Å². The van der Waals surface area contributed by atoms with Gasteiger partial charge in [-0.25, -0.2) is 0 Å². The third kappa shape index (κ3) is 5.59. The van der Waals surface area contributed by atoms with Crippen LogP contribution in [-0.2, 0) is 9.59 Å². The fraction of sp³-hybridized carbons (Fsp3) is 0.857. The number of piperidine rings is 1. The molecule has 0 aromatic heterocycles. The Kier molecular flexibility index (Phi) is 6.84. The number of hydrogen-bond acceptors (Lipinski definition) is 3. The molecule has 5 nitrogen and oxygen atoms in total. The van der Waals surface area contributed by atoms with Crippen LogP contribution in [0.25, 0.3) is 0 Å². The van der Waals surface area contributed by atoms with E-state index < -0.39 is 6.10 Å². The van der Waals surface area contributed by atoms with Gasteiger partial charge in [-0.2, -0.15) is 0 Å². The summed E-state index contributed by atoms with van der Waals surface area (Å²) in [5.74, 6) is 0.0715. The van der Waals surface area contributed by atoms with Crippen LogP contribution in [0.3, 0.4) is 0 Å². The first-order chi connectivity index (χ1) is 9.04. The average molecular weight is 270 g/mol. The smallest absolute Gasteiger partial charge is 0.224 e. The van der Waals surface area contributed by atoms with E-state index in [-0.39, 0.29) is 17.7 Å². The first kappa shape index (κ1) is 16.0. The monoisotopic (exact) mass is 270 g/mol. The maximum Gasteiger partial charge on any atom is 0.224 e. The highest BCUT2D eigenvalue weighted by Gasteiger charge is 2.27. The van der Waals surface area contributed by atoms with E-state index >= 15 is 0 Å². The highest BCUT2D eigenvalue weighted by molar-refractivity contribution is 5.81. The van der Waals surface area contributed by atoms with Crippen LogP contribution < -0.4 is 5.32 Å². The molecule has 110 valence electrons. The van der Waals surface area contributed by atoms with E-state index in [4.69, 9.17) is 5.11 Å². The minimum Gasteiger partial charge on any atom is -0.393 e. The van der Waals surface area contributed by atoms with E-state index in [1.165, 1.54) is 0 Å². The Labute approximate surface area is 115 Å². The Morgan fingerprint density at radius 2 is 2.21 bits per heavy atom. The van der Waals surface area contributed by atoms with Gasteiger partial charge in [0.1, 0.15) is 0 Å². The standard InChI is InChI=1S/C14H26N2O3/c1-3-5-13(18)16-9-4-6-12(10-16)14(19)15-8-7-11(2)17/h11-12,17H,3-10H2,1-2H3,(H,15,19). The van der Waals surface area contributed by atoms with E-state index in [2.05, 4.69) is 5.32 Å². The number of aliphatic hydroxyl groups is 1. The molecule has 2 N–H and O–H groups in total. The second kappa shape index (κ2) is 8.15. The van der Waals surface area contributed by atoms with Gasteiger partial charge in [0.05, 0.1) is 12.0 Å². The van der Waals surface area contributed by atoms with Crippen LogP contribution in [0.2, 0.25) is 0 Å². The van der Waals surface area contributed by atoms with E-state index in [1.54, 1.807) is 6.92 Å². The number of nitrogens with zero attached hydrogens (tertiary/aromatic N) is 1. The Bertz CT molecular complexity index is 305. The molecule has 1 aliphatic rings. The second-order valence-electron chi connectivity index (χ2n) is 5.36. The topological polar surface area (TPSA) is 69.6 Å². The molecule has 0 aromatic carbocycles. The summed E-state index contributed by atoms with van der Waals surface area (Å²) >= 11 is 0. The van der Waals surface area contributed by atoms with Gasteiger partial charge in [0.2, 0.25) is 11.8 Å². The molecule has 0 aromatic rings. The summed E-state index contributed by atoms with van der Waals surface area (Å²) < 4.78 is 0. The molecular weight excluding hydrogens is 244 g/mol. The lowest BCUT2D eigenvalue weighted by molar-refractivity contribution is -0.135. The number of rotatable bonds is 6. The lowest BCUT2D eigenvalue weighted by Gasteiger charge is -2.32. The zero-order valence-electron chi connectivity index (χ0n) is 12.0. The van der Waals surface area contributed by atoms with Crippen molar-refractivity contribution in [2.75, 3.05) is 19.6 Å². The van der Waals surface area contributed by atoms with Crippen molar-refractivity contribution in [3.05, 3.63) is 0 Å². The molecule has 0 saturated carbocycles. The van der Waals surface area contributed by atoms with Gasteiger partial charge < -0.3 is 15.3 Å². The maximum atomic E-state index is 12.0. The SMILES string of the molecule is CCCC(=O)N1CCCC(C(=O)NCCC(C)O)C1. The first-order valence-electron chi connectivity index (χ1n) is 7.28. The number of aliphatic hydroxyl groups excluding tert-OH is 1. The molecule has 0 spiro atoms. The molecule has 2 unspecified atom stereocenters. The molecule has 2 atom stereocenters. The first-order valence-corrected chi connectivity index (χ1v) is 7.28. The van der Waals surface area contributed by atoms with Crippen LogP contribution in [-0.4, -0.2) is 47.6 Å². The lowest BCUT2D eigenvalue weighted by atomic mass is 9.96. The van der Waals surface area contributed by atoms with Crippen molar-refractivity contribution >= 4 is 11.8 Å². The number of nitrogens with one attached hydrogen (secondary N) is 1. The minimum atomic E-state index is -0.394. The van der Waals surface area contributed by atoms with Gasteiger partial charge in [-0.05, 0) is 32.6 Å². The largest absolute Gasteiger partial charge is 0.393 e. The van der Waals surface area contributed by atoms with Crippen LogP contribution in [0, 0.1) is 5.92 Å². The van der Waals surface area contributed by atoms with Gasteiger partial charge in [-0.3, -0.25) is 9.59 Å². The number of carbonyl (C=O) groups excluding carboxylic acids is 2. The van der Waals surface area contributed by atoms with Crippen molar-refractivity contribution in [2.24, 2.45) is 5.92 Å². The quantitative estimate of drug-likeness (QED) is 0.754. The van der Waals surface area contributed by atoms with Crippen LogP contribution in [0.4, 0.5) is 0 Å². The van der Waals surface area contributed by atoms with Gasteiger partial charge in [0.25, 0.3) is 0 Å². The summed E-state index contributed by atoms with van der Waals surface area (Å²) in [6.45, 7) is 5.51. The molecule has 1 saturated heterocycles. The minimum absolute atomic E-state index is 0.00893. The van der Waals surface area contributed by atoms with Crippen LogP contribution >= 0.6 is 0 Å². The molecule has 0 aliphatic carbocycles. The van der Waals surface area contributed by atoms with Gasteiger partial charge in [-0.15, -0.1) is 0 Å². The Morgan fingerprint density at radius 1 is 1.47 bits per heavy atom. The van der Waals surface area contributed by atoms with Crippen molar-refractivity contribution < 1.29 is 14.7 Å². The lowest BCUT2D eigenvalue weighted by Crippen LogP contribution is -2.45. The molecular formula is C14H26N2O3. The van der Waals surface area contributed by atoms with Crippen LogP contribution in [0.1, 0.15) is 46.0 Å². The van der Waals surface area contributed by atoms with Gasteiger partial charge in [0, 0.05) is 26.1 Å². The second-order valence-corrected chi connectivity index (χ2v) is 5.36. The molecule has 19 heavy (non-hydrogen) atoms. The Morgan fingerprint density at radius 3 is 2.84 bits per heavy atom. The fourth-order valence-corrected chi connectivity index (χ4v) is 2.34. The van der Waals surface area contributed by atoms with E-state index in [9.17, 15) is 9.59 Å². The zero-order valence-corrected chi connectivity index (χ0v) is 12.0. The van der Waals surface area contributed by atoms with Gasteiger partial charge >= 0.3 is 0 Å². The Hall–Kier alpha value is -1.10. The summed E-state index contributed by atoms with van der Waals surface area (Å²) in [5.41, 5.74) is 0. The summed E-state index contributed by atoms with van der Waals surface area (Å²) in [6.07, 6.45) is 3.32. The number of likely N-dealkylation sites (tertiary alicyclic amines) is 1. The number of carbonyl (C=O) groups is 2. The maximum absolute atomic E-state index is 12.0. The fourth-order valence-electron chi connectivity index (χ4n) is 2.34. The predicted molar refractivity (Wildman–Crippen MR) is 73.5 cm³/mol. The molecule has 5 heteroatoms. The molecule has 0 bridgehead atoms. The van der Waals surface area contributed by atoms with Crippen molar-refractivity contribution in [3.8, 4) is 0 Å². The summed E-state index contributed by atoms with van der Waals surface area (Å²) in [6, 6.07) is 0. The molecule has 1 fully saturated rings. The highest BCUT2D eigenvalue weighted by Crippen LogP contribution is 2.17. The summed E-state index contributed by atoms with van der Waals surface area (Å²) in [4.78, 5) is 25.6. The Balaban J connectivity index is 2.37. The highest BCUT2D eigenvalue weighted by atomic mass is 16.3. The normalized spacial score (nSPS) is 21.0.